The maximum Gasteiger partial charge on any atom is 0.323 e. The van der Waals surface area contributed by atoms with E-state index in [1.54, 1.807) is 14.0 Å². The lowest BCUT2D eigenvalue weighted by Crippen LogP contribution is -2.47. The lowest BCUT2D eigenvalue weighted by molar-refractivity contribution is -0.144. The Labute approximate surface area is 116 Å². The molecule has 2 atom stereocenters. The number of nitrogens with one attached hydrogen (secondary N) is 1. The van der Waals surface area contributed by atoms with Gasteiger partial charge in [0.15, 0.2) is 0 Å². The van der Waals surface area contributed by atoms with E-state index in [4.69, 9.17) is 9.84 Å². The van der Waals surface area contributed by atoms with E-state index in [2.05, 4.69) is 17.3 Å². The molecule has 0 aromatic carbocycles. The van der Waals surface area contributed by atoms with Crippen LogP contribution >= 0.6 is 0 Å². The van der Waals surface area contributed by atoms with Crippen molar-refractivity contribution in [3.63, 3.8) is 0 Å². The summed E-state index contributed by atoms with van der Waals surface area (Å²) in [4.78, 5) is 13.4. The summed E-state index contributed by atoms with van der Waals surface area (Å²) in [5.74, 6) is -0.775. The molecule has 1 rings (SSSR count). The predicted molar refractivity (Wildman–Crippen MR) is 75.4 cm³/mol. The first kappa shape index (κ1) is 16.4. The van der Waals surface area contributed by atoms with Crippen LogP contribution in [0, 0.1) is 0 Å². The van der Waals surface area contributed by atoms with Gasteiger partial charge in [-0.15, -0.1) is 0 Å². The average molecular weight is 272 g/mol. The molecule has 0 bridgehead atoms. The van der Waals surface area contributed by atoms with E-state index in [0.717, 1.165) is 32.5 Å². The summed E-state index contributed by atoms with van der Waals surface area (Å²) >= 11 is 0. The van der Waals surface area contributed by atoms with E-state index in [-0.39, 0.29) is 0 Å². The highest BCUT2D eigenvalue weighted by atomic mass is 16.5. The van der Waals surface area contributed by atoms with Gasteiger partial charge < -0.3 is 20.1 Å². The van der Waals surface area contributed by atoms with E-state index in [0.29, 0.717) is 12.5 Å². The van der Waals surface area contributed by atoms with Crippen LogP contribution in [0.5, 0.6) is 0 Å². The van der Waals surface area contributed by atoms with E-state index >= 15 is 0 Å². The van der Waals surface area contributed by atoms with Crippen molar-refractivity contribution >= 4 is 5.97 Å². The molecule has 0 amide bonds. The third kappa shape index (κ3) is 5.47. The van der Waals surface area contributed by atoms with Gasteiger partial charge >= 0.3 is 5.97 Å². The van der Waals surface area contributed by atoms with Crippen molar-refractivity contribution in [2.24, 2.45) is 0 Å². The summed E-state index contributed by atoms with van der Waals surface area (Å²) in [5.41, 5.74) is -0.798. The van der Waals surface area contributed by atoms with Crippen LogP contribution in [-0.4, -0.2) is 61.4 Å². The van der Waals surface area contributed by atoms with Crippen LogP contribution < -0.4 is 5.32 Å². The van der Waals surface area contributed by atoms with Gasteiger partial charge in [0, 0.05) is 13.2 Å². The molecule has 1 heterocycles. The minimum Gasteiger partial charge on any atom is -0.480 e. The van der Waals surface area contributed by atoms with Gasteiger partial charge in [0.05, 0.1) is 6.10 Å². The summed E-state index contributed by atoms with van der Waals surface area (Å²) in [6, 6.07) is 0. The van der Waals surface area contributed by atoms with Crippen molar-refractivity contribution in [3.05, 3.63) is 0 Å². The third-order valence-corrected chi connectivity index (χ3v) is 4.03. The Balaban J connectivity index is 2.13. The molecule has 0 spiro atoms. The molecule has 1 saturated heterocycles. The molecule has 1 aliphatic rings. The van der Waals surface area contributed by atoms with Gasteiger partial charge in [-0.2, -0.15) is 0 Å². The highest BCUT2D eigenvalue weighted by molar-refractivity contribution is 5.78. The first-order valence-electron chi connectivity index (χ1n) is 7.20. The highest BCUT2D eigenvalue weighted by Crippen LogP contribution is 2.15. The summed E-state index contributed by atoms with van der Waals surface area (Å²) < 4.78 is 5.60. The fraction of sp³-hybridized carbons (Fsp3) is 0.929. The maximum atomic E-state index is 11.1. The fourth-order valence-corrected chi connectivity index (χ4v) is 2.43. The Morgan fingerprint density at radius 3 is 2.79 bits per heavy atom. The smallest absolute Gasteiger partial charge is 0.323 e. The molecule has 5 nitrogen and oxygen atoms in total. The molecule has 1 fully saturated rings. The number of likely N-dealkylation sites (N-methyl/N-ethyl adjacent to an activating group) is 2. The van der Waals surface area contributed by atoms with Crippen LogP contribution in [0.2, 0.25) is 0 Å². The van der Waals surface area contributed by atoms with Gasteiger partial charge in [-0.1, -0.05) is 0 Å². The van der Waals surface area contributed by atoms with Crippen LogP contribution in [-0.2, 0) is 9.53 Å². The molecule has 5 heteroatoms. The van der Waals surface area contributed by atoms with Crippen LogP contribution in [0.3, 0.4) is 0 Å². The minimum absolute atomic E-state index is 0.395. The van der Waals surface area contributed by atoms with E-state index in [9.17, 15) is 4.79 Å². The SMILES string of the molecule is CNC(C)(CCCCN(C)CC1CCCO1)C(=O)O. The normalized spacial score (nSPS) is 22.6. The molecule has 0 aliphatic carbocycles. The Morgan fingerprint density at radius 2 is 2.26 bits per heavy atom. The number of hydrogen-bond acceptors (Lipinski definition) is 4. The van der Waals surface area contributed by atoms with E-state index in [1.165, 1.54) is 12.8 Å². The zero-order valence-electron chi connectivity index (χ0n) is 12.4. The van der Waals surface area contributed by atoms with Gasteiger partial charge in [0.2, 0.25) is 0 Å². The average Bonchev–Trinajstić information content (AvgIpc) is 2.86. The first-order valence-corrected chi connectivity index (χ1v) is 7.20. The number of unbranched alkanes of at least 4 members (excludes halogenated alkanes) is 1. The van der Waals surface area contributed by atoms with Gasteiger partial charge in [0.25, 0.3) is 0 Å². The quantitative estimate of drug-likeness (QED) is 0.620. The highest BCUT2D eigenvalue weighted by Gasteiger charge is 2.30. The number of rotatable bonds is 9. The maximum absolute atomic E-state index is 11.1. The summed E-state index contributed by atoms with van der Waals surface area (Å²) in [6.07, 6.45) is 5.34. The summed E-state index contributed by atoms with van der Waals surface area (Å²) in [5, 5.41) is 12.0. The van der Waals surface area contributed by atoms with Gasteiger partial charge in [-0.3, -0.25) is 4.79 Å². The van der Waals surface area contributed by atoms with E-state index in [1.807, 2.05) is 0 Å². The van der Waals surface area contributed by atoms with Crippen LogP contribution in [0.4, 0.5) is 0 Å². The lowest BCUT2D eigenvalue weighted by atomic mass is 9.95. The number of hydrogen-bond donors (Lipinski definition) is 2. The summed E-state index contributed by atoms with van der Waals surface area (Å²) in [7, 11) is 3.81. The number of carboxylic acids is 1. The monoisotopic (exact) mass is 272 g/mol. The van der Waals surface area contributed by atoms with Crippen molar-refractivity contribution in [1.82, 2.24) is 10.2 Å². The molecule has 2 unspecified atom stereocenters. The van der Waals surface area contributed by atoms with Crippen molar-refractivity contribution in [2.75, 3.05) is 33.8 Å². The fourth-order valence-electron chi connectivity index (χ4n) is 2.43. The molecule has 0 saturated carbocycles. The molecular weight excluding hydrogens is 244 g/mol. The first-order chi connectivity index (χ1) is 8.98. The van der Waals surface area contributed by atoms with Gasteiger partial charge in [-0.05, 0) is 59.7 Å². The van der Waals surface area contributed by atoms with Crippen LogP contribution in [0.25, 0.3) is 0 Å². The second-order valence-corrected chi connectivity index (χ2v) is 5.74. The van der Waals surface area contributed by atoms with Crippen LogP contribution in [0.15, 0.2) is 0 Å². The molecular formula is C14H28N2O3. The second kappa shape index (κ2) is 7.82. The number of aliphatic carboxylic acids is 1. The van der Waals surface area contributed by atoms with Gasteiger partial charge in [0.1, 0.15) is 5.54 Å². The zero-order chi connectivity index (χ0) is 14.3. The largest absolute Gasteiger partial charge is 0.480 e. The van der Waals surface area contributed by atoms with Crippen molar-refractivity contribution in [2.45, 2.75) is 50.7 Å². The number of ether oxygens (including phenoxy) is 1. The Kier molecular flexibility index (Phi) is 6.75. The molecule has 0 radical (unpaired) electrons. The Bertz CT molecular complexity index is 280. The standard InChI is InChI=1S/C14H28N2O3/c1-14(15-2,13(17)18)8-4-5-9-16(3)11-12-7-6-10-19-12/h12,15H,4-11H2,1-3H3,(H,17,18). The molecule has 0 aromatic rings. The Morgan fingerprint density at radius 1 is 1.53 bits per heavy atom. The van der Waals surface area contributed by atoms with Crippen LogP contribution in [0.1, 0.15) is 39.0 Å². The van der Waals surface area contributed by atoms with E-state index < -0.39 is 11.5 Å². The van der Waals surface area contributed by atoms with Crippen molar-refractivity contribution in [3.8, 4) is 0 Å². The van der Waals surface area contributed by atoms with Gasteiger partial charge in [-0.25, -0.2) is 0 Å². The molecule has 112 valence electrons. The molecule has 19 heavy (non-hydrogen) atoms. The zero-order valence-corrected chi connectivity index (χ0v) is 12.4. The minimum atomic E-state index is -0.798. The number of carbonyl (C=O) groups is 1. The molecule has 1 aliphatic heterocycles. The second-order valence-electron chi connectivity index (χ2n) is 5.74. The topological polar surface area (TPSA) is 61.8 Å². The number of nitrogens with zero attached hydrogens (tertiary/aromatic N) is 1. The molecule has 0 aromatic heterocycles. The Hall–Kier alpha value is -0.650. The predicted octanol–water partition coefficient (Wildman–Crippen LogP) is 1.33. The lowest BCUT2D eigenvalue weighted by Gasteiger charge is -2.25. The molecule has 2 N–H and O–H groups in total. The van der Waals surface area contributed by atoms with Crippen molar-refractivity contribution < 1.29 is 14.6 Å². The number of carboxylic acid groups (broad SMARTS) is 1. The van der Waals surface area contributed by atoms with Crippen molar-refractivity contribution in [1.29, 1.82) is 0 Å². The summed E-state index contributed by atoms with van der Waals surface area (Å²) in [6.45, 7) is 4.63. The third-order valence-electron chi connectivity index (χ3n) is 4.03.